The van der Waals surface area contributed by atoms with Crippen molar-refractivity contribution in [3.63, 3.8) is 0 Å². The Kier molecular flexibility index (Phi) is 4.36. The van der Waals surface area contributed by atoms with Crippen LogP contribution in [0, 0.1) is 15.9 Å². The molecule has 0 bridgehead atoms. The van der Waals surface area contributed by atoms with Crippen molar-refractivity contribution in [3.8, 4) is 0 Å². The maximum atomic E-state index is 13.4. The number of nitrogens with one attached hydrogen (secondary N) is 1. The molecule has 1 saturated heterocycles. The van der Waals surface area contributed by atoms with Crippen molar-refractivity contribution in [1.29, 1.82) is 0 Å². The predicted octanol–water partition coefficient (Wildman–Crippen LogP) is 2.36. The number of carbonyl (C=O) groups excluding carboxylic acids is 1. The summed E-state index contributed by atoms with van der Waals surface area (Å²) in [6, 6.07) is 3.28. The molecule has 1 aromatic rings. The highest BCUT2D eigenvalue weighted by Crippen LogP contribution is 2.20. The number of amides is 1. The lowest BCUT2D eigenvalue weighted by Crippen LogP contribution is -2.38. The first-order valence-corrected chi connectivity index (χ1v) is 7.06. The summed E-state index contributed by atoms with van der Waals surface area (Å²) in [6.45, 7) is 0. The summed E-state index contributed by atoms with van der Waals surface area (Å²) in [4.78, 5) is 21.6. The van der Waals surface area contributed by atoms with E-state index >= 15 is 0 Å². The molecule has 1 unspecified atom stereocenters. The van der Waals surface area contributed by atoms with Gasteiger partial charge in [-0.2, -0.15) is 16.2 Å². The zero-order valence-electron chi connectivity index (χ0n) is 10.1. The average Bonchev–Trinajstić information content (AvgIpc) is 2.39. The summed E-state index contributed by atoms with van der Waals surface area (Å²) in [5.74, 6) is 0.566. The van der Waals surface area contributed by atoms with Crippen LogP contribution in [0.4, 0.5) is 10.1 Å². The van der Waals surface area contributed by atoms with E-state index in [-0.39, 0.29) is 17.5 Å². The lowest BCUT2D eigenvalue weighted by Gasteiger charge is -2.22. The molecule has 1 aliphatic rings. The first-order chi connectivity index (χ1) is 9.08. The molecule has 0 radical (unpaired) electrons. The number of thioether (sulfide) groups is 1. The third-order valence-corrected chi connectivity index (χ3v) is 4.12. The second-order valence-electron chi connectivity index (χ2n) is 4.31. The van der Waals surface area contributed by atoms with Crippen LogP contribution in [0.1, 0.15) is 23.2 Å². The van der Waals surface area contributed by atoms with Crippen molar-refractivity contribution in [1.82, 2.24) is 5.32 Å². The van der Waals surface area contributed by atoms with Crippen LogP contribution < -0.4 is 5.32 Å². The van der Waals surface area contributed by atoms with Crippen LogP contribution in [0.15, 0.2) is 18.2 Å². The molecule has 1 amide bonds. The van der Waals surface area contributed by atoms with Gasteiger partial charge in [-0.25, -0.2) is 0 Å². The minimum Gasteiger partial charge on any atom is -0.348 e. The topological polar surface area (TPSA) is 72.2 Å². The number of carbonyl (C=O) groups is 1. The number of benzene rings is 1. The van der Waals surface area contributed by atoms with Crippen molar-refractivity contribution in [3.05, 3.63) is 39.7 Å². The molecule has 0 saturated carbocycles. The van der Waals surface area contributed by atoms with Crippen LogP contribution in [-0.4, -0.2) is 28.4 Å². The Hall–Kier alpha value is -1.63. The highest BCUT2D eigenvalue weighted by Gasteiger charge is 2.20. The fourth-order valence-corrected chi connectivity index (χ4v) is 2.99. The number of hydrogen-bond donors (Lipinski definition) is 1. The molecular formula is C12H13FN2O3S. The fraction of sp³-hybridized carbons (Fsp3) is 0.417. The van der Waals surface area contributed by atoms with E-state index in [4.69, 9.17) is 0 Å². The van der Waals surface area contributed by atoms with Gasteiger partial charge in [0.25, 0.3) is 5.91 Å². The zero-order chi connectivity index (χ0) is 13.8. The molecule has 1 aliphatic heterocycles. The van der Waals surface area contributed by atoms with Crippen molar-refractivity contribution in [2.75, 3.05) is 11.5 Å². The van der Waals surface area contributed by atoms with Gasteiger partial charge in [-0.05, 0) is 30.7 Å². The van der Waals surface area contributed by atoms with Gasteiger partial charge in [0, 0.05) is 23.4 Å². The molecule has 0 aromatic heterocycles. The molecule has 7 heteroatoms. The number of nitro groups is 1. The molecule has 5 nitrogen and oxygen atoms in total. The molecular weight excluding hydrogens is 271 g/mol. The van der Waals surface area contributed by atoms with Crippen LogP contribution in [0.5, 0.6) is 0 Å². The van der Waals surface area contributed by atoms with E-state index in [0.29, 0.717) is 0 Å². The second-order valence-corrected chi connectivity index (χ2v) is 5.46. The molecule has 1 atom stereocenters. The fourth-order valence-electron chi connectivity index (χ4n) is 1.92. The van der Waals surface area contributed by atoms with Crippen molar-refractivity contribution in [2.45, 2.75) is 18.9 Å². The van der Waals surface area contributed by atoms with E-state index in [1.165, 1.54) is 6.07 Å². The third-order valence-electron chi connectivity index (χ3n) is 2.90. The molecule has 102 valence electrons. The van der Waals surface area contributed by atoms with E-state index in [2.05, 4.69) is 5.32 Å². The Labute approximate surface area is 113 Å². The highest BCUT2D eigenvalue weighted by atomic mass is 32.2. The molecule has 1 heterocycles. The van der Waals surface area contributed by atoms with Crippen LogP contribution in [-0.2, 0) is 0 Å². The van der Waals surface area contributed by atoms with Crippen molar-refractivity contribution in [2.24, 2.45) is 0 Å². The predicted molar refractivity (Wildman–Crippen MR) is 70.9 cm³/mol. The Morgan fingerprint density at radius 1 is 1.53 bits per heavy atom. The van der Waals surface area contributed by atoms with Gasteiger partial charge in [-0.3, -0.25) is 14.9 Å². The molecule has 1 N–H and O–H groups in total. The molecule has 1 aromatic carbocycles. The minimum atomic E-state index is -0.990. The van der Waals surface area contributed by atoms with Gasteiger partial charge in [0.05, 0.1) is 4.92 Å². The summed E-state index contributed by atoms with van der Waals surface area (Å²) >= 11 is 1.77. The summed E-state index contributed by atoms with van der Waals surface area (Å²) < 4.78 is 13.4. The summed E-state index contributed by atoms with van der Waals surface area (Å²) in [5, 5.41) is 13.3. The maximum absolute atomic E-state index is 13.4. The van der Waals surface area contributed by atoms with E-state index < -0.39 is 16.4 Å². The Morgan fingerprint density at radius 3 is 2.89 bits per heavy atom. The van der Waals surface area contributed by atoms with Gasteiger partial charge in [0.1, 0.15) is 0 Å². The van der Waals surface area contributed by atoms with E-state index in [9.17, 15) is 19.3 Å². The lowest BCUT2D eigenvalue weighted by molar-refractivity contribution is -0.387. The Bertz CT molecular complexity index is 504. The van der Waals surface area contributed by atoms with Gasteiger partial charge >= 0.3 is 5.69 Å². The van der Waals surface area contributed by atoms with Gasteiger partial charge < -0.3 is 5.32 Å². The molecule has 0 spiro atoms. The number of hydrogen-bond acceptors (Lipinski definition) is 4. The van der Waals surface area contributed by atoms with Gasteiger partial charge in [-0.1, -0.05) is 0 Å². The van der Waals surface area contributed by atoms with Crippen LogP contribution >= 0.6 is 11.8 Å². The SMILES string of the molecule is O=C(NC1CCCSC1)c1ccc([N+](=O)[O-])c(F)c1. The van der Waals surface area contributed by atoms with Crippen molar-refractivity contribution >= 4 is 23.4 Å². The lowest BCUT2D eigenvalue weighted by atomic mass is 10.1. The first-order valence-electron chi connectivity index (χ1n) is 5.90. The summed E-state index contributed by atoms with van der Waals surface area (Å²) in [6.07, 6.45) is 1.96. The highest BCUT2D eigenvalue weighted by molar-refractivity contribution is 7.99. The Balaban J connectivity index is 2.06. The number of nitro benzene ring substituents is 1. The van der Waals surface area contributed by atoms with Gasteiger partial charge in [-0.15, -0.1) is 0 Å². The monoisotopic (exact) mass is 284 g/mol. The van der Waals surface area contributed by atoms with Crippen LogP contribution in [0.3, 0.4) is 0 Å². The molecule has 1 fully saturated rings. The van der Waals surface area contributed by atoms with Crippen LogP contribution in [0.25, 0.3) is 0 Å². The van der Waals surface area contributed by atoms with Crippen LogP contribution in [0.2, 0.25) is 0 Å². The average molecular weight is 284 g/mol. The summed E-state index contributed by atoms with van der Waals surface area (Å²) in [5.41, 5.74) is -0.511. The third kappa shape index (κ3) is 3.44. The minimum absolute atomic E-state index is 0.0875. The maximum Gasteiger partial charge on any atom is 0.304 e. The molecule has 19 heavy (non-hydrogen) atoms. The molecule has 0 aliphatic carbocycles. The normalized spacial score (nSPS) is 18.9. The zero-order valence-corrected chi connectivity index (χ0v) is 10.9. The van der Waals surface area contributed by atoms with Gasteiger partial charge in [0.2, 0.25) is 5.82 Å². The van der Waals surface area contributed by atoms with E-state index in [1.54, 1.807) is 11.8 Å². The molecule has 2 rings (SSSR count). The van der Waals surface area contributed by atoms with Gasteiger partial charge in [0.15, 0.2) is 0 Å². The largest absolute Gasteiger partial charge is 0.348 e. The quantitative estimate of drug-likeness (QED) is 0.683. The standard InChI is InChI=1S/C12H13FN2O3S/c13-10-6-8(3-4-11(10)15(17)18)12(16)14-9-2-1-5-19-7-9/h3-4,6,9H,1-2,5,7H2,(H,14,16). The second kappa shape index (κ2) is 6.01. The number of halogens is 1. The first kappa shape index (κ1) is 13.8. The van der Waals surface area contributed by atoms with E-state index in [1.807, 2.05) is 0 Å². The van der Waals surface area contributed by atoms with E-state index in [0.717, 1.165) is 36.5 Å². The number of nitrogens with zero attached hydrogens (tertiary/aromatic N) is 1. The summed E-state index contributed by atoms with van der Waals surface area (Å²) in [7, 11) is 0. The smallest absolute Gasteiger partial charge is 0.304 e. The van der Waals surface area contributed by atoms with Crippen molar-refractivity contribution < 1.29 is 14.1 Å². The number of rotatable bonds is 3. The Morgan fingerprint density at radius 2 is 2.32 bits per heavy atom.